The highest BCUT2D eigenvalue weighted by Gasteiger charge is 2.09. The third-order valence-corrected chi connectivity index (χ3v) is 4.09. The van der Waals surface area contributed by atoms with Crippen molar-refractivity contribution < 1.29 is 15.0 Å². The minimum atomic E-state index is -1.22. The van der Waals surface area contributed by atoms with Crippen LogP contribution in [-0.4, -0.2) is 21.2 Å². The first-order valence-electron chi connectivity index (χ1n) is 7.54. The zero-order valence-corrected chi connectivity index (χ0v) is 14.2. The van der Waals surface area contributed by atoms with Gasteiger partial charge in [-0.25, -0.2) is 9.78 Å². The van der Waals surface area contributed by atoms with Gasteiger partial charge >= 0.3 is 5.97 Å². The maximum absolute atomic E-state index is 11.0. The predicted octanol–water partition coefficient (Wildman–Crippen LogP) is 5.02. The summed E-state index contributed by atoms with van der Waals surface area (Å²) in [7, 11) is 0. The van der Waals surface area contributed by atoms with Crippen molar-refractivity contribution in [2.45, 2.75) is 4.90 Å². The average Bonchev–Trinajstić information content (AvgIpc) is 2.67. The summed E-state index contributed by atoms with van der Waals surface area (Å²) < 4.78 is 3.13. The van der Waals surface area contributed by atoms with E-state index in [1.54, 1.807) is 18.3 Å². The molecule has 0 atom stereocenters. The summed E-state index contributed by atoms with van der Waals surface area (Å²) in [6, 6.07) is 17.0. The summed E-state index contributed by atoms with van der Waals surface area (Å²) in [6.45, 7) is 0. The molecule has 0 saturated carbocycles. The van der Waals surface area contributed by atoms with Gasteiger partial charge in [-0.05, 0) is 66.5 Å². The fraction of sp³-hybridized carbons (Fsp3) is 0. The summed E-state index contributed by atoms with van der Waals surface area (Å²) in [6.07, 6.45) is 1.71. The fourth-order valence-corrected chi connectivity index (χ4v) is 2.60. The normalized spacial score (nSPS) is 10.8. The van der Waals surface area contributed by atoms with Gasteiger partial charge < -0.3 is 14.9 Å². The standard InChI is InChI=1S/C18H14N4O3S/c23-16-9-6-13(11-15(16)18(24)25)21-20-12-4-7-14(8-5-12)26-22-17-3-1-2-10-19-17/h1-11,23H,(H,19,22)(H,24,25). The van der Waals surface area contributed by atoms with Gasteiger partial charge in [0.2, 0.25) is 0 Å². The van der Waals surface area contributed by atoms with Gasteiger partial charge in [0, 0.05) is 11.1 Å². The van der Waals surface area contributed by atoms with Gasteiger partial charge in [0.25, 0.3) is 0 Å². The Kier molecular flexibility index (Phi) is 5.45. The van der Waals surface area contributed by atoms with Gasteiger partial charge in [0.15, 0.2) is 0 Å². The average molecular weight is 366 g/mol. The van der Waals surface area contributed by atoms with Gasteiger partial charge in [0.1, 0.15) is 17.1 Å². The van der Waals surface area contributed by atoms with Crippen molar-refractivity contribution in [1.29, 1.82) is 0 Å². The zero-order valence-electron chi connectivity index (χ0n) is 13.4. The molecule has 0 aliphatic rings. The molecular formula is C18H14N4O3S. The van der Waals surface area contributed by atoms with Crippen LogP contribution in [0.1, 0.15) is 10.4 Å². The first-order chi connectivity index (χ1) is 12.6. The Morgan fingerprint density at radius 3 is 2.42 bits per heavy atom. The van der Waals surface area contributed by atoms with Gasteiger partial charge in [-0.15, -0.1) is 0 Å². The third kappa shape index (κ3) is 4.58. The molecule has 130 valence electrons. The highest BCUT2D eigenvalue weighted by molar-refractivity contribution is 8.00. The van der Waals surface area contributed by atoms with E-state index in [4.69, 9.17) is 5.11 Å². The second-order valence-corrected chi connectivity index (χ2v) is 6.00. The van der Waals surface area contributed by atoms with Gasteiger partial charge in [-0.2, -0.15) is 10.2 Å². The van der Waals surface area contributed by atoms with E-state index in [9.17, 15) is 9.90 Å². The fourth-order valence-electron chi connectivity index (χ4n) is 1.99. The molecule has 1 aromatic heterocycles. The predicted molar refractivity (Wildman–Crippen MR) is 99.4 cm³/mol. The molecule has 2 aromatic carbocycles. The molecule has 0 aliphatic heterocycles. The number of aromatic hydroxyl groups is 1. The lowest BCUT2D eigenvalue weighted by atomic mass is 10.2. The van der Waals surface area contributed by atoms with Crippen molar-refractivity contribution >= 4 is 35.1 Å². The van der Waals surface area contributed by atoms with Crippen molar-refractivity contribution in [2.75, 3.05) is 4.72 Å². The molecule has 0 fully saturated rings. The molecule has 0 unspecified atom stereocenters. The van der Waals surface area contributed by atoms with Crippen molar-refractivity contribution in [1.82, 2.24) is 4.98 Å². The number of pyridine rings is 1. The number of azo groups is 1. The number of nitrogens with one attached hydrogen (secondary N) is 1. The molecule has 1 heterocycles. The second kappa shape index (κ2) is 8.13. The quantitative estimate of drug-likeness (QED) is 0.418. The van der Waals surface area contributed by atoms with E-state index in [1.165, 1.54) is 30.1 Å². The van der Waals surface area contributed by atoms with Gasteiger partial charge in [-0.3, -0.25) is 0 Å². The molecule has 0 aliphatic carbocycles. The van der Waals surface area contributed by atoms with Crippen LogP contribution in [0.2, 0.25) is 0 Å². The van der Waals surface area contributed by atoms with Crippen LogP contribution in [0.5, 0.6) is 5.75 Å². The molecule has 0 bridgehead atoms. The van der Waals surface area contributed by atoms with Crippen LogP contribution in [0.25, 0.3) is 0 Å². The molecule has 0 amide bonds. The van der Waals surface area contributed by atoms with Crippen LogP contribution >= 0.6 is 11.9 Å². The lowest BCUT2D eigenvalue weighted by molar-refractivity contribution is 0.0694. The molecule has 26 heavy (non-hydrogen) atoms. The Morgan fingerprint density at radius 2 is 1.73 bits per heavy atom. The Hall–Kier alpha value is -3.39. The van der Waals surface area contributed by atoms with E-state index in [1.807, 2.05) is 30.3 Å². The van der Waals surface area contributed by atoms with Crippen molar-refractivity contribution in [3.8, 4) is 5.75 Å². The van der Waals surface area contributed by atoms with Crippen molar-refractivity contribution in [3.63, 3.8) is 0 Å². The smallest absolute Gasteiger partial charge is 0.339 e. The van der Waals surface area contributed by atoms with E-state index in [0.717, 1.165) is 10.7 Å². The molecule has 0 saturated heterocycles. The highest BCUT2D eigenvalue weighted by Crippen LogP contribution is 2.26. The number of aromatic nitrogens is 1. The van der Waals surface area contributed by atoms with Crippen LogP contribution in [0, 0.1) is 0 Å². The SMILES string of the molecule is O=C(O)c1cc(N=Nc2ccc(SNc3ccccn3)cc2)ccc1O. The van der Waals surface area contributed by atoms with Crippen LogP contribution < -0.4 is 4.72 Å². The molecule has 7 nitrogen and oxygen atoms in total. The molecular weight excluding hydrogens is 352 g/mol. The summed E-state index contributed by atoms with van der Waals surface area (Å²) in [5.41, 5.74) is 0.751. The third-order valence-electron chi connectivity index (χ3n) is 3.27. The zero-order chi connectivity index (χ0) is 18.4. The Balaban J connectivity index is 1.64. The molecule has 0 spiro atoms. The number of anilines is 1. The first-order valence-corrected chi connectivity index (χ1v) is 8.35. The number of aromatic carboxylic acids is 1. The number of nitrogens with zero attached hydrogens (tertiary/aromatic N) is 3. The lowest BCUT2D eigenvalue weighted by Crippen LogP contribution is -1.95. The monoisotopic (exact) mass is 366 g/mol. The number of carbonyl (C=O) groups is 1. The molecule has 0 radical (unpaired) electrons. The molecule has 3 rings (SSSR count). The minimum Gasteiger partial charge on any atom is -0.507 e. The van der Waals surface area contributed by atoms with E-state index in [0.29, 0.717) is 11.4 Å². The van der Waals surface area contributed by atoms with E-state index < -0.39 is 5.97 Å². The van der Waals surface area contributed by atoms with E-state index in [-0.39, 0.29) is 11.3 Å². The number of carboxylic acid groups (broad SMARTS) is 1. The number of hydrogen-bond acceptors (Lipinski definition) is 7. The van der Waals surface area contributed by atoms with Crippen LogP contribution in [0.3, 0.4) is 0 Å². The Bertz CT molecular complexity index is 931. The number of rotatable bonds is 6. The number of hydrogen-bond donors (Lipinski definition) is 3. The van der Waals surface area contributed by atoms with Crippen LogP contribution in [-0.2, 0) is 0 Å². The van der Waals surface area contributed by atoms with Gasteiger partial charge in [0.05, 0.1) is 11.4 Å². The molecule has 3 aromatic rings. The first kappa shape index (κ1) is 17.4. The number of benzene rings is 2. The largest absolute Gasteiger partial charge is 0.507 e. The van der Waals surface area contributed by atoms with Crippen molar-refractivity contribution in [3.05, 3.63) is 72.4 Å². The van der Waals surface area contributed by atoms with Gasteiger partial charge in [-0.1, -0.05) is 6.07 Å². The Morgan fingerprint density at radius 1 is 1.00 bits per heavy atom. The highest BCUT2D eigenvalue weighted by atomic mass is 32.2. The summed E-state index contributed by atoms with van der Waals surface area (Å²) in [5.74, 6) is -0.762. The summed E-state index contributed by atoms with van der Waals surface area (Å²) in [4.78, 5) is 16.2. The topological polar surface area (TPSA) is 107 Å². The van der Waals surface area contributed by atoms with Crippen LogP contribution in [0.4, 0.5) is 17.2 Å². The molecule has 3 N–H and O–H groups in total. The minimum absolute atomic E-state index is 0.214. The number of phenols is 1. The second-order valence-electron chi connectivity index (χ2n) is 5.12. The Labute approximate surface area is 153 Å². The van der Waals surface area contributed by atoms with Crippen molar-refractivity contribution in [2.24, 2.45) is 10.2 Å². The molecule has 8 heteroatoms. The number of carboxylic acids is 1. The summed E-state index contributed by atoms with van der Waals surface area (Å²) in [5, 5.41) is 26.6. The lowest BCUT2D eigenvalue weighted by Gasteiger charge is -2.04. The maximum atomic E-state index is 11.0. The van der Waals surface area contributed by atoms with E-state index >= 15 is 0 Å². The maximum Gasteiger partial charge on any atom is 0.339 e. The van der Waals surface area contributed by atoms with Crippen LogP contribution in [0.15, 0.2) is 82.0 Å². The summed E-state index contributed by atoms with van der Waals surface area (Å²) >= 11 is 1.43. The van der Waals surface area contributed by atoms with E-state index in [2.05, 4.69) is 19.9 Å².